The quantitative estimate of drug-likeness (QED) is 0.870. The largest absolute Gasteiger partial charge is 0.392 e. The lowest BCUT2D eigenvalue weighted by Crippen LogP contribution is -2.30. The predicted octanol–water partition coefficient (Wildman–Crippen LogP) is 2.60. The number of anilines is 1. The lowest BCUT2D eigenvalue weighted by molar-refractivity contribution is 0.103. The van der Waals surface area contributed by atoms with Crippen LogP contribution in [0.2, 0.25) is 0 Å². The van der Waals surface area contributed by atoms with Crippen molar-refractivity contribution in [2.75, 3.05) is 19.3 Å². The predicted molar refractivity (Wildman–Crippen MR) is 98.1 cm³/mol. The fraction of sp³-hybridized carbons (Fsp3) is 0.667. The van der Waals surface area contributed by atoms with Gasteiger partial charge in [-0.3, -0.25) is 4.90 Å². The monoisotopic (exact) mass is 346 g/mol. The number of rotatable bonds is 5. The number of nitrogens with two attached hydrogens (primary N) is 1. The molecule has 0 aromatic carbocycles. The molecule has 24 heavy (non-hydrogen) atoms. The van der Waals surface area contributed by atoms with Gasteiger partial charge in [-0.05, 0) is 56.6 Å². The molecule has 2 heterocycles. The van der Waals surface area contributed by atoms with Gasteiger partial charge in [0.1, 0.15) is 16.5 Å². The van der Waals surface area contributed by atoms with Crippen LogP contribution in [-0.2, 0) is 19.4 Å². The van der Waals surface area contributed by atoms with Gasteiger partial charge in [-0.2, -0.15) is 0 Å². The number of aryl methyl sites for hydroxylation is 1. The van der Waals surface area contributed by atoms with Gasteiger partial charge in [0.2, 0.25) is 0 Å². The maximum absolute atomic E-state index is 10.1. The third-order valence-electron chi connectivity index (χ3n) is 5.31. The Morgan fingerprint density at radius 2 is 2.12 bits per heavy atom. The summed E-state index contributed by atoms with van der Waals surface area (Å²) in [6, 6.07) is 0. The minimum Gasteiger partial charge on any atom is -0.392 e. The van der Waals surface area contributed by atoms with Crippen molar-refractivity contribution in [3.8, 4) is 0 Å². The van der Waals surface area contributed by atoms with E-state index in [4.69, 9.17) is 10.7 Å². The normalized spacial score (nSPS) is 22.1. The highest BCUT2D eigenvalue weighted by Gasteiger charge is 2.30. The number of nitrogens with zero attached hydrogens (tertiary/aromatic N) is 3. The Hall–Kier alpha value is -1.24. The maximum atomic E-state index is 10.1. The summed E-state index contributed by atoms with van der Waals surface area (Å²) in [5, 5.41) is 11.2. The van der Waals surface area contributed by atoms with Crippen LogP contribution >= 0.6 is 11.3 Å². The Morgan fingerprint density at radius 1 is 1.33 bits per heavy atom. The summed E-state index contributed by atoms with van der Waals surface area (Å²) in [5.74, 6) is 2.62. The molecule has 0 spiro atoms. The van der Waals surface area contributed by atoms with Crippen molar-refractivity contribution in [1.29, 1.82) is 0 Å². The highest BCUT2D eigenvalue weighted by atomic mass is 32.1. The Balaban J connectivity index is 1.56. The maximum Gasteiger partial charge on any atom is 0.146 e. The van der Waals surface area contributed by atoms with Crippen molar-refractivity contribution in [1.82, 2.24) is 14.9 Å². The zero-order valence-corrected chi connectivity index (χ0v) is 15.3. The molecule has 2 unspecified atom stereocenters. The summed E-state index contributed by atoms with van der Waals surface area (Å²) in [6.07, 6.45) is 5.54. The number of likely N-dealkylation sites (N-methyl/N-ethyl adjacent to an activating group) is 1. The summed E-state index contributed by atoms with van der Waals surface area (Å²) >= 11 is 1.79. The highest BCUT2D eigenvalue weighted by Crippen LogP contribution is 2.39. The molecule has 2 aliphatic rings. The molecule has 0 aliphatic heterocycles. The van der Waals surface area contributed by atoms with E-state index >= 15 is 0 Å². The standard InChI is InChI=1S/C18H26N4OS/c1-10-3-6-12-14(7-10)24-18-16(12)17(19)20-15(21-18)9-22(2)8-13(23)11-4-5-11/h10-11,13,23H,3-9H2,1-2H3,(H2,19,20,21). The van der Waals surface area contributed by atoms with Crippen LogP contribution in [0.4, 0.5) is 5.82 Å². The molecule has 0 amide bonds. The molecule has 2 aromatic rings. The smallest absolute Gasteiger partial charge is 0.146 e. The van der Waals surface area contributed by atoms with Gasteiger partial charge in [0.15, 0.2) is 0 Å². The molecule has 130 valence electrons. The summed E-state index contributed by atoms with van der Waals surface area (Å²) in [7, 11) is 2.01. The van der Waals surface area contributed by atoms with Crippen LogP contribution in [0.1, 0.15) is 42.5 Å². The molecule has 2 aromatic heterocycles. The number of nitrogen functional groups attached to an aromatic ring is 1. The summed E-state index contributed by atoms with van der Waals surface area (Å²) in [4.78, 5) is 13.9. The minimum atomic E-state index is -0.230. The molecule has 1 fully saturated rings. The van der Waals surface area contributed by atoms with Crippen molar-refractivity contribution >= 4 is 27.4 Å². The van der Waals surface area contributed by atoms with Gasteiger partial charge in [0, 0.05) is 11.4 Å². The van der Waals surface area contributed by atoms with E-state index < -0.39 is 0 Å². The molecule has 1 saturated carbocycles. The fourth-order valence-corrected chi connectivity index (χ4v) is 5.15. The van der Waals surface area contributed by atoms with E-state index in [1.54, 1.807) is 11.3 Å². The first-order valence-electron chi connectivity index (χ1n) is 8.94. The Kier molecular flexibility index (Phi) is 4.22. The van der Waals surface area contributed by atoms with E-state index in [0.717, 1.165) is 47.6 Å². The first-order valence-corrected chi connectivity index (χ1v) is 9.76. The first-order chi connectivity index (χ1) is 11.5. The zero-order valence-electron chi connectivity index (χ0n) is 14.5. The van der Waals surface area contributed by atoms with E-state index in [9.17, 15) is 5.11 Å². The van der Waals surface area contributed by atoms with Gasteiger partial charge < -0.3 is 10.8 Å². The number of aliphatic hydroxyl groups is 1. The molecular weight excluding hydrogens is 320 g/mol. The molecule has 2 atom stereocenters. The van der Waals surface area contributed by atoms with Gasteiger partial charge >= 0.3 is 0 Å². The summed E-state index contributed by atoms with van der Waals surface area (Å²) in [6.45, 7) is 3.61. The van der Waals surface area contributed by atoms with Crippen LogP contribution in [0.3, 0.4) is 0 Å². The van der Waals surface area contributed by atoms with Crippen LogP contribution in [0.15, 0.2) is 0 Å². The third-order valence-corrected chi connectivity index (χ3v) is 6.45. The van der Waals surface area contributed by atoms with Gasteiger partial charge in [-0.15, -0.1) is 11.3 Å². The number of hydrogen-bond donors (Lipinski definition) is 2. The van der Waals surface area contributed by atoms with Crippen LogP contribution in [0, 0.1) is 11.8 Å². The van der Waals surface area contributed by atoms with Gasteiger partial charge in [0.05, 0.1) is 18.0 Å². The first kappa shape index (κ1) is 16.2. The SMILES string of the molecule is CC1CCc2c(sc3nc(CN(C)CC(O)C4CC4)nc(N)c23)C1. The van der Waals surface area contributed by atoms with E-state index in [1.807, 2.05) is 7.05 Å². The Bertz CT molecular complexity index is 755. The number of aromatic nitrogens is 2. The third kappa shape index (κ3) is 3.15. The van der Waals surface area contributed by atoms with Gasteiger partial charge in [0.25, 0.3) is 0 Å². The fourth-order valence-electron chi connectivity index (χ4n) is 3.74. The van der Waals surface area contributed by atoms with Crippen molar-refractivity contribution in [2.45, 2.75) is 51.7 Å². The number of aliphatic hydroxyl groups excluding tert-OH is 1. The number of thiophene rings is 1. The van der Waals surface area contributed by atoms with Crippen molar-refractivity contribution in [2.24, 2.45) is 11.8 Å². The van der Waals surface area contributed by atoms with Crippen LogP contribution in [0.5, 0.6) is 0 Å². The van der Waals surface area contributed by atoms with E-state index in [2.05, 4.69) is 16.8 Å². The topological polar surface area (TPSA) is 75.3 Å². The summed E-state index contributed by atoms with van der Waals surface area (Å²) in [5.41, 5.74) is 7.67. The second kappa shape index (κ2) is 6.24. The number of hydrogen-bond acceptors (Lipinski definition) is 6. The number of fused-ring (bicyclic) bond motifs is 3. The zero-order chi connectivity index (χ0) is 16.8. The highest BCUT2D eigenvalue weighted by molar-refractivity contribution is 7.19. The average Bonchev–Trinajstić information content (AvgIpc) is 3.28. The Labute approximate surface area is 146 Å². The lowest BCUT2D eigenvalue weighted by Gasteiger charge is -2.20. The molecule has 4 rings (SSSR count). The van der Waals surface area contributed by atoms with Crippen LogP contribution in [0.25, 0.3) is 10.2 Å². The van der Waals surface area contributed by atoms with Gasteiger partial charge in [-0.1, -0.05) is 6.92 Å². The van der Waals surface area contributed by atoms with Gasteiger partial charge in [-0.25, -0.2) is 9.97 Å². The van der Waals surface area contributed by atoms with Crippen LogP contribution < -0.4 is 5.73 Å². The molecule has 0 radical (unpaired) electrons. The minimum absolute atomic E-state index is 0.230. The second-order valence-corrected chi connectivity index (χ2v) is 8.74. The van der Waals surface area contributed by atoms with Crippen molar-refractivity contribution in [3.63, 3.8) is 0 Å². The van der Waals surface area contributed by atoms with E-state index in [1.165, 1.54) is 16.9 Å². The van der Waals surface area contributed by atoms with Crippen LogP contribution in [-0.4, -0.2) is 39.7 Å². The Morgan fingerprint density at radius 3 is 2.88 bits per heavy atom. The molecule has 3 N–H and O–H groups in total. The van der Waals surface area contributed by atoms with Crippen molar-refractivity contribution in [3.05, 3.63) is 16.3 Å². The van der Waals surface area contributed by atoms with Crippen molar-refractivity contribution < 1.29 is 5.11 Å². The molecule has 2 aliphatic carbocycles. The second-order valence-electron chi connectivity index (χ2n) is 7.66. The average molecular weight is 347 g/mol. The molecule has 0 saturated heterocycles. The lowest BCUT2D eigenvalue weighted by atomic mass is 9.89. The van der Waals surface area contributed by atoms with E-state index in [-0.39, 0.29) is 6.10 Å². The van der Waals surface area contributed by atoms with E-state index in [0.29, 0.717) is 24.8 Å². The molecule has 0 bridgehead atoms. The molecule has 6 heteroatoms. The molecular formula is C18H26N4OS. The molecule has 5 nitrogen and oxygen atoms in total. The summed E-state index contributed by atoms with van der Waals surface area (Å²) < 4.78 is 0.